The number of aryl methyl sites for hydroxylation is 6. The third kappa shape index (κ3) is 4.11. The SMILES string of the molecule is Cc1ccc2c(c1)C(C)(C)c1cc(C)c3cc(C)ccc3c1-2.Cc1ccc2c(c1)C(C)(C)c1cc(C)c3ccc(C)cc3c1-2. The van der Waals surface area contributed by atoms with Crippen molar-refractivity contribution in [3.8, 4) is 22.3 Å². The van der Waals surface area contributed by atoms with Gasteiger partial charge in [-0.25, -0.2) is 0 Å². The van der Waals surface area contributed by atoms with Crippen molar-refractivity contribution in [3.63, 3.8) is 0 Å². The predicted molar refractivity (Wildman–Crippen MR) is 191 cm³/mol. The first-order valence-electron chi connectivity index (χ1n) is 16.1. The van der Waals surface area contributed by atoms with Gasteiger partial charge in [-0.2, -0.15) is 0 Å². The summed E-state index contributed by atoms with van der Waals surface area (Å²) in [5.74, 6) is 0. The third-order valence-electron chi connectivity index (χ3n) is 10.6. The van der Waals surface area contributed by atoms with Crippen LogP contribution in [0.3, 0.4) is 0 Å². The highest BCUT2D eigenvalue weighted by atomic mass is 14.4. The van der Waals surface area contributed by atoms with Crippen LogP contribution in [-0.4, -0.2) is 0 Å². The lowest BCUT2D eigenvalue weighted by Crippen LogP contribution is -2.15. The van der Waals surface area contributed by atoms with E-state index in [1.54, 1.807) is 0 Å². The first kappa shape index (κ1) is 28.6. The van der Waals surface area contributed by atoms with Crippen LogP contribution in [0.4, 0.5) is 0 Å². The van der Waals surface area contributed by atoms with E-state index < -0.39 is 0 Å². The van der Waals surface area contributed by atoms with Gasteiger partial charge in [0.05, 0.1) is 0 Å². The summed E-state index contributed by atoms with van der Waals surface area (Å²) in [6, 6.07) is 32.4. The first-order valence-corrected chi connectivity index (χ1v) is 16.1. The molecule has 0 heterocycles. The Bertz CT molecular complexity index is 2170. The van der Waals surface area contributed by atoms with Gasteiger partial charge in [-0.05, 0) is 119 Å². The van der Waals surface area contributed by atoms with Crippen molar-refractivity contribution in [1.82, 2.24) is 0 Å². The van der Waals surface area contributed by atoms with Crippen molar-refractivity contribution in [2.24, 2.45) is 0 Å². The molecule has 6 aromatic rings. The van der Waals surface area contributed by atoms with Gasteiger partial charge in [0, 0.05) is 10.8 Å². The van der Waals surface area contributed by atoms with E-state index in [1.807, 2.05) is 0 Å². The summed E-state index contributed by atoms with van der Waals surface area (Å²) in [5, 5.41) is 5.58. The maximum atomic E-state index is 2.41. The van der Waals surface area contributed by atoms with Crippen LogP contribution in [0.25, 0.3) is 43.8 Å². The quantitative estimate of drug-likeness (QED) is 0.170. The van der Waals surface area contributed by atoms with Crippen LogP contribution in [0, 0.1) is 41.5 Å². The van der Waals surface area contributed by atoms with Gasteiger partial charge in [0.25, 0.3) is 0 Å². The van der Waals surface area contributed by atoms with Crippen LogP contribution in [0.5, 0.6) is 0 Å². The Morgan fingerprint density at radius 2 is 0.727 bits per heavy atom. The minimum absolute atomic E-state index is 0.0827. The van der Waals surface area contributed by atoms with Crippen molar-refractivity contribution < 1.29 is 0 Å². The minimum Gasteiger partial charge on any atom is -0.0587 e. The van der Waals surface area contributed by atoms with E-state index in [4.69, 9.17) is 0 Å². The van der Waals surface area contributed by atoms with E-state index in [9.17, 15) is 0 Å². The molecule has 0 aromatic heterocycles. The molecule has 0 unspecified atom stereocenters. The second-order valence-corrected chi connectivity index (χ2v) is 14.7. The normalized spacial score (nSPS) is 15.0. The summed E-state index contributed by atoms with van der Waals surface area (Å²) in [6.45, 7) is 22.6. The summed E-state index contributed by atoms with van der Waals surface area (Å²) >= 11 is 0. The lowest BCUT2D eigenvalue weighted by molar-refractivity contribution is 0.659. The topological polar surface area (TPSA) is 0 Å². The largest absolute Gasteiger partial charge is 0.0587 e. The predicted octanol–water partition coefficient (Wildman–Crippen LogP) is 12.1. The molecule has 6 aromatic carbocycles. The number of rotatable bonds is 0. The van der Waals surface area contributed by atoms with Gasteiger partial charge in [-0.15, -0.1) is 0 Å². The first-order chi connectivity index (χ1) is 20.8. The van der Waals surface area contributed by atoms with Crippen LogP contribution in [0.1, 0.15) is 83.3 Å². The number of hydrogen-bond donors (Lipinski definition) is 0. The fourth-order valence-electron chi connectivity index (χ4n) is 8.08. The van der Waals surface area contributed by atoms with E-state index in [0.717, 1.165) is 0 Å². The Labute approximate surface area is 263 Å². The Balaban J connectivity index is 0.000000142. The Hall–Kier alpha value is -4.16. The van der Waals surface area contributed by atoms with Gasteiger partial charge < -0.3 is 0 Å². The molecule has 0 fully saturated rings. The lowest BCUT2D eigenvalue weighted by Gasteiger charge is -2.22. The summed E-state index contributed by atoms with van der Waals surface area (Å²) in [7, 11) is 0. The molecule has 8 rings (SSSR count). The average molecular weight is 573 g/mol. The van der Waals surface area contributed by atoms with E-state index >= 15 is 0 Å². The molecular formula is C44H44. The van der Waals surface area contributed by atoms with E-state index in [2.05, 4.69) is 154 Å². The maximum absolute atomic E-state index is 2.41. The van der Waals surface area contributed by atoms with Crippen molar-refractivity contribution >= 4 is 21.5 Å². The summed E-state index contributed by atoms with van der Waals surface area (Å²) in [4.78, 5) is 0. The Morgan fingerprint density at radius 1 is 0.341 bits per heavy atom. The Morgan fingerprint density at radius 3 is 1.25 bits per heavy atom. The van der Waals surface area contributed by atoms with Gasteiger partial charge in [0.1, 0.15) is 0 Å². The second-order valence-electron chi connectivity index (χ2n) is 14.7. The maximum Gasteiger partial charge on any atom is 0.0159 e. The van der Waals surface area contributed by atoms with Crippen LogP contribution in [-0.2, 0) is 10.8 Å². The number of hydrogen-bond acceptors (Lipinski definition) is 0. The Kier molecular flexibility index (Phi) is 6.29. The second kappa shape index (κ2) is 9.67. The summed E-state index contributed by atoms with van der Waals surface area (Å²) in [6.07, 6.45) is 0. The number of benzene rings is 6. The van der Waals surface area contributed by atoms with Crippen LogP contribution in [0.15, 0.2) is 84.9 Å². The van der Waals surface area contributed by atoms with Crippen molar-refractivity contribution in [3.05, 3.63) is 141 Å². The van der Waals surface area contributed by atoms with E-state index in [-0.39, 0.29) is 10.8 Å². The molecule has 0 saturated carbocycles. The van der Waals surface area contributed by atoms with Crippen LogP contribution in [0.2, 0.25) is 0 Å². The minimum atomic E-state index is 0.0827. The molecule has 0 bridgehead atoms. The zero-order valence-corrected chi connectivity index (χ0v) is 28.1. The smallest absolute Gasteiger partial charge is 0.0159 e. The molecule has 0 amide bonds. The molecule has 44 heavy (non-hydrogen) atoms. The van der Waals surface area contributed by atoms with E-state index in [1.165, 1.54) is 99.4 Å². The van der Waals surface area contributed by atoms with Crippen LogP contribution < -0.4 is 0 Å². The monoisotopic (exact) mass is 572 g/mol. The molecular weight excluding hydrogens is 528 g/mol. The molecule has 0 spiro atoms. The zero-order chi connectivity index (χ0) is 31.3. The lowest BCUT2D eigenvalue weighted by atomic mass is 9.81. The molecule has 0 N–H and O–H groups in total. The zero-order valence-electron chi connectivity index (χ0n) is 28.1. The van der Waals surface area contributed by atoms with E-state index in [0.29, 0.717) is 0 Å². The van der Waals surface area contributed by atoms with Crippen molar-refractivity contribution in [1.29, 1.82) is 0 Å². The van der Waals surface area contributed by atoms with Gasteiger partial charge in [-0.1, -0.05) is 135 Å². The average Bonchev–Trinajstić information content (AvgIpc) is 3.32. The van der Waals surface area contributed by atoms with Gasteiger partial charge >= 0.3 is 0 Å². The standard InChI is InChI=1S/2C22H22/c1-13-6-8-16-18(10-13)15(3)12-20-21(16)17-9-7-14(2)11-19(17)22(20,4)5;1-13-6-8-16-15(3)12-20-21(18(16)10-13)17-9-7-14(2)11-19(17)22(20,4)5/h2*6-12H,1-5H3. The molecule has 2 aliphatic rings. The third-order valence-corrected chi connectivity index (χ3v) is 10.6. The highest BCUT2D eigenvalue weighted by molar-refractivity contribution is 6.05. The van der Waals surface area contributed by atoms with Crippen LogP contribution >= 0.6 is 0 Å². The molecule has 0 radical (unpaired) electrons. The molecule has 220 valence electrons. The fourth-order valence-corrected chi connectivity index (χ4v) is 8.08. The molecule has 0 aliphatic heterocycles. The summed E-state index contributed by atoms with van der Waals surface area (Å²) < 4.78 is 0. The molecule has 0 heteroatoms. The molecule has 0 atom stereocenters. The van der Waals surface area contributed by atoms with Crippen molar-refractivity contribution in [2.45, 2.75) is 80.1 Å². The van der Waals surface area contributed by atoms with Gasteiger partial charge in [0.15, 0.2) is 0 Å². The number of fused-ring (bicyclic) bond motifs is 10. The van der Waals surface area contributed by atoms with Gasteiger partial charge in [0.2, 0.25) is 0 Å². The fraction of sp³-hybridized carbons (Fsp3) is 0.273. The highest BCUT2D eigenvalue weighted by Gasteiger charge is 2.38. The summed E-state index contributed by atoms with van der Waals surface area (Å²) in [5.41, 5.74) is 19.9. The molecule has 0 saturated heterocycles. The highest BCUT2D eigenvalue weighted by Crippen LogP contribution is 2.53. The van der Waals surface area contributed by atoms with Crippen molar-refractivity contribution in [2.75, 3.05) is 0 Å². The molecule has 2 aliphatic carbocycles. The van der Waals surface area contributed by atoms with Gasteiger partial charge in [-0.3, -0.25) is 0 Å². The molecule has 0 nitrogen and oxygen atoms in total.